The number of hydrogen-bond acceptors (Lipinski definition) is 3. The number of rotatable bonds is 7. The lowest BCUT2D eigenvalue weighted by molar-refractivity contribution is -0.128. The molecule has 0 saturated carbocycles. The normalized spacial score (nSPS) is 10.4. The second-order valence-corrected chi connectivity index (χ2v) is 7.33. The summed E-state index contributed by atoms with van der Waals surface area (Å²) in [6.45, 7) is 1.82. The van der Waals surface area contributed by atoms with E-state index in [1.54, 1.807) is 24.1 Å². The summed E-state index contributed by atoms with van der Waals surface area (Å²) in [6, 6.07) is 22.7. The van der Waals surface area contributed by atoms with E-state index in [1.807, 2.05) is 60.7 Å². The van der Waals surface area contributed by atoms with Gasteiger partial charge in [-0.05, 0) is 41.0 Å². The zero-order chi connectivity index (χ0) is 21.5. The Morgan fingerprint density at radius 3 is 2.43 bits per heavy atom. The maximum Gasteiger partial charge on any atom is 0.262 e. The van der Waals surface area contributed by atoms with Gasteiger partial charge in [0.15, 0.2) is 6.61 Å². The average molecular weight is 423 g/mol. The van der Waals surface area contributed by atoms with Gasteiger partial charge < -0.3 is 15.0 Å². The second kappa shape index (κ2) is 9.94. The molecule has 0 aromatic heterocycles. The molecule has 0 unspecified atom stereocenters. The van der Waals surface area contributed by atoms with Crippen molar-refractivity contribution in [2.75, 3.05) is 19.0 Å². The van der Waals surface area contributed by atoms with E-state index in [-0.39, 0.29) is 18.4 Å². The highest BCUT2D eigenvalue weighted by Gasteiger charge is 2.09. The SMILES string of the molecule is CC(=O)N(C)Cc1cccc(NC(=O)COc2ccc(-c3ccccc3)cc2Cl)c1. The van der Waals surface area contributed by atoms with E-state index in [0.29, 0.717) is 23.0 Å². The lowest BCUT2D eigenvalue weighted by Crippen LogP contribution is -2.23. The Bertz CT molecular complexity index is 1040. The van der Waals surface area contributed by atoms with Crippen LogP contribution >= 0.6 is 11.6 Å². The van der Waals surface area contributed by atoms with Gasteiger partial charge in [0.05, 0.1) is 5.02 Å². The van der Waals surface area contributed by atoms with Crippen LogP contribution in [0.1, 0.15) is 12.5 Å². The number of anilines is 1. The molecular formula is C24H23ClN2O3. The topological polar surface area (TPSA) is 58.6 Å². The third-order valence-electron chi connectivity index (χ3n) is 4.57. The van der Waals surface area contributed by atoms with Gasteiger partial charge in [-0.1, -0.05) is 60.1 Å². The molecule has 5 nitrogen and oxygen atoms in total. The van der Waals surface area contributed by atoms with E-state index >= 15 is 0 Å². The summed E-state index contributed by atoms with van der Waals surface area (Å²) in [5.74, 6) is 0.131. The van der Waals surface area contributed by atoms with Crippen molar-refractivity contribution in [3.8, 4) is 16.9 Å². The zero-order valence-corrected chi connectivity index (χ0v) is 17.6. The number of nitrogens with zero attached hydrogens (tertiary/aromatic N) is 1. The van der Waals surface area contributed by atoms with Crippen molar-refractivity contribution in [2.45, 2.75) is 13.5 Å². The van der Waals surface area contributed by atoms with Crippen LogP contribution in [0, 0.1) is 0 Å². The first-order chi connectivity index (χ1) is 14.4. The van der Waals surface area contributed by atoms with Crippen LogP contribution in [-0.2, 0) is 16.1 Å². The number of ether oxygens (including phenoxy) is 1. The molecule has 0 fully saturated rings. The molecule has 3 aromatic rings. The minimum atomic E-state index is -0.296. The van der Waals surface area contributed by atoms with Crippen molar-refractivity contribution in [1.29, 1.82) is 0 Å². The van der Waals surface area contributed by atoms with E-state index in [4.69, 9.17) is 16.3 Å². The first-order valence-corrected chi connectivity index (χ1v) is 9.88. The largest absolute Gasteiger partial charge is 0.482 e. The van der Waals surface area contributed by atoms with Crippen LogP contribution in [0.3, 0.4) is 0 Å². The Morgan fingerprint density at radius 2 is 1.73 bits per heavy atom. The van der Waals surface area contributed by atoms with Crippen molar-refractivity contribution in [3.63, 3.8) is 0 Å². The molecule has 0 aliphatic carbocycles. The van der Waals surface area contributed by atoms with E-state index in [0.717, 1.165) is 16.7 Å². The number of benzene rings is 3. The molecule has 0 aliphatic rings. The Hall–Kier alpha value is -3.31. The molecule has 3 rings (SSSR count). The van der Waals surface area contributed by atoms with Crippen molar-refractivity contribution in [3.05, 3.63) is 83.4 Å². The summed E-state index contributed by atoms with van der Waals surface area (Å²) in [7, 11) is 1.73. The molecule has 0 bridgehead atoms. The van der Waals surface area contributed by atoms with Crippen molar-refractivity contribution in [2.24, 2.45) is 0 Å². The molecule has 0 radical (unpaired) electrons. The summed E-state index contributed by atoms with van der Waals surface area (Å²) in [6.07, 6.45) is 0. The van der Waals surface area contributed by atoms with E-state index in [9.17, 15) is 9.59 Å². The van der Waals surface area contributed by atoms with Crippen LogP contribution in [0.2, 0.25) is 5.02 Å². The molecular weight excluding hydrogens is 400 g/mol. The molecule has 2 amide bonds. The van der Waals surface area contributed by atoms with E-state index in [1.165, 1.54) is 6.92 Å². The van der Waals surface area contributed by atoms with Crippen LogP contribution in [0.5, 0.6) is 5.75 Å². The smallest absolute Gasteiger partial charge is 0.262 e. The van der Waals surface area contributed by atoms with Gasteiger partial charge in [0.25, 0.3) is 5.91 Å². The fourth-order valence-electron chi connectivity index (χ4n) is 2.90. The summed E-state index contributed by atoms with van der Waals surface area (Å²) in [5.41, 5.74) is 3.60. The summed E-state index contributed by atoms with van der Waals surface area (Å²) in [4.78, 5) is 25.3. The van der Waals surface area contributed by atoms with E-state index < -0.39 is 0 Å². The molecule has 0 heterocycles. The zero-order valence-electron chi connectivity index (χ0n) is 16.9. The number of hydrogen-bond donors (Lipinski definition) is 1. The Labute approximate surface area is 181 Å². The standard InChI is InChI=1S/C24H23ClN2O3/c1-17(28)27(2)15-18-7-6-10-21(13-18)26-24(29)16-30-23-12-11-20(14-22(23)25)19-8-4-3-5-9-19/h3-14H,15-16H2,1-2H3,(H,26,29). The molecule has 1 N–H and O–H groups in total. The lowest BCUT2D eigenvalue weighted by Gasteiger charge is -2.15. The maximum atomic E-state index is 12.3. The van der Waals surface area contributed by atoms with Gasteiger partial charge in [-0.15, -0.1) is 0 Å². The molecule has 0 atom stereocenters. The van der Waals surface area contributed by atoms with Crippen LogP contribution in [0.15, 0.2) is 72.8 Å². The number of carbonyl (C=O) groups is 2. The molecule has 154 valence electrons. The summed E-state index contributed by atoms with van der Waals surface area (Å²) >= 11 is 6.33. The van der Waals surface area contributed by atoms with Crippen molar-refractivity contribution >= 4 is 29.1 Å². The van der Waals surface area contributed by atoms with Gasteiger partial charge in [0.1, 0.15) is 5.75 Å². The number of halogens is 1. The van der Waals surface area contributed by atoms with Gasteiger partial charge >= 0.3 is 0 Å². The highest BCUT2D eigenvalue weighted by atomic mass is 35.5. The number of nitrogens with one attached hydrogen (secondary N) is 1. The Balaban J connectivity index is 1.58. The number of carbonyl (C=O) groups excluding carboxylic acids is 2. The minimum Gasteiger partial charge on any atom is -0.482 e. The Kier molecular flexibility index (Phi) is 7.09. The monoisotopic (exact) mass is 422 g/mol. The van der Waals surface area contributed by atoms with Crippen LogP contribution in [0.25, 0.3) is 11.1 Å². The molecule has 0 aliphatic heterocycles. The average Bonchev–Trinajstić information content (AvgIpc) is 2.73. The quantitative estimate of drug-likeness (QED) is 0.582. The molecule has 30 heavy (non-hydrogen) atoms. The molecule has 6 heteroatoms. The highest BCUT2D eigenvalue weighted by Crippen LogP contribution is 2.30. The van der Waals surface area contributed by atoms with Crippen LogP contribution < -0.4 is 10.1 Å². The van der Waals surface area contributed by atoms with Gasteiger partial charge in [0.2, 0.25) is 5.91 Å². The van der Waals surface area contributed by atoms with Crippen molar-refractivity contribution < 1.29 is 14.3 Å². The third-order valence-corrected chi connectivity index (χ3v) is 4.86. The lowest BCUT2D eigenvalue weighted by atomic mass is 10.1. The third kappa shape index (κ3) is 5.84. The second-order valence-electron chi connectivity index (χ2n) is 6.92. The van der Waals surface area contributed by atoms with Gasteiger partial charge in [0, 0.05) is 26.2 Å². The van der Waals surface area contributed by atoms with Gasteiger partial charge in [-0.3, -0.25) is 9.59 Å². The predicted molar refractivity (Wildman–Crippen MR) is 120 cm³/mol. The number of amides is 2. The first kappa shape index (κ1) is 21.4. The fraction of sp³-hybridized carbons (Fsp3) is 0.167. The fourth-order valence-corrected chi connectivity index (χ4v) is 3.14. The minimum absolute atomic E-state index is 0.0204. The predicted octanol–water partition coefficient (Wildman–Crippen LogP) is 5.00. The molecule has 3 aromatic carbocycles. The first-order valence-electron chi connectivity index (χ1n) is 9.50. The molecule has 0 saturated heterocycles. The van der Waals surface area contributed by atoms with Crippen LogP contribution in [-0.4, -0.2) is 30.4 Å². The Morgan fingerprint density at radius 1 is 0.967 bits per heavy atom. The molecule has 0 spiro atoms. The summed E-state index contributed by atoms with van der Waals surface area (Å²) < 4.78 is 5.59. The van der Waals surface area contributed by atoms with Crippen molar-refractivity contribution in [1.82, 2.24) is 4.90 Å². The summed E-state index contributed by atoms with van der Waals surface area (Å²) in [5, 5.41) is 3.24. The maximum absolute atomic E-state index is 12.3. The van der Waals surface area contributed by atoms with Crippen LogP contribution in [0.4, 0.5) is 5.69 Å². The van der Waals surface area contributed by atoms with Gasteiger partial charge in [-0.2, -0.15) is 0 Å². The van der Waals surface area contributed by atoms with Gasteiger partial charge in [-0.25, -0.2) is 0 Å². The van der Waals surface area contributed by atoms with E-state index in [2.05, 4.69) is 5.32 Å². The highest BCUT2D eigenvalue weighted by molar-refractivity contribution is 6.32.